The molecule has 1 heterocycles. The molecule has 1 rings (SSSR count). The van der Waals surface area contributed by atoms with Gasteiger partial charge in [-0.05, 0) is 31.7 Å². The minimum absolute atomic E-state index is 0.218. The number of hydrogen-bond acceptors (Lipinski definition) is 3. The van der Waals surface area contributed by atoms with Crippen LogP contribution in [0.1, 0.15) is 27.2 Å². The lowest BCUT2D eigenvalue weighted by molar-refractivity contribution is 0.0222. The molecule has 3 nitrogen and oxygen atoms in total. The first-order chi connectivity index (χ1) is 7.17. The van der Waals surface area contributed by atoms with Crippen LogP contribution in [0, 0.1) is 11.8 Å². The van der Waals surface area contributed by atoms with Crippen LogP contribution in [0.25, 0.3) is 0 Å². The summed E-state index contributed by atoms with van der Waals surface area (Å²) in [5.74, 6) is 1.67. The van der Waals surface area contributed by atoms with Crippen LogP contribution in [0.2, 0.25) is 0 Å². The minimum atomic E-state index is 0.218. The summed E-state index contributed by atoms with van der Waals surface area (Å²) >= 11 is 0. The Hall–Kier alpha value is -0.120. The van der Waals surface area contributed by atoms with Gasteiger partial charge in [0.05, 0.1) is 6.10 Å². The number of rotatable bonds is 5. The Morgan fingerprint density at radius 3 is 2.67 bits per heavy atom. The van der Waals surface area contributed by atoms with E-state index in [1.807, 2.05) is 6.92 Å². The van der Waals surface area contributed by atoms with Gasteiger partial charge in [-0.3, -0.25) is 0 Å². The van der Waals surface area contributed by atoms with Crippen LogP contribution in [0.3, 0.4) is 0 Å². The van der Waals surface area contributed by atoms with Crippen LogP contribution in [0.5, 0.6) is 0 Å². The Bertz CT molecular complexity index is 175. The number of ether oxygens (including phenoxy) is 1. The van der Waals surface area contributed by atoms with Crippen LogP contribution in [-0.4, -0.2) is 43.8 Å². The average Bonchev–Trinajstić information content (AvgIpc) is 2.23. The van der Waals surface area contributed by atoms with Gasteiger partial charge in [0, 0.05) is 26.2 Å². The lowest BCUT2D eigenvalue weighted by atomic mass is 9.88. The van der Waals surface area contributed by atoms with Crippen molar-refractivity contribution < 1.29 is 4.74 Å². The molecule has 3 unspecified atom stereocenters. The van der Waals surface area contributed by atoms with Crippen molar-refractivity contribution >= 4 is 0 Å². The Morgan fingerprint density at radius 1 is 1.40 bits per heavy atom. The fourth-order valence-electron chi connectivity index (χ4n) is 2.23. The molecule has 3 heteroatoms. The first kappa shape index (κ1) is 12.9. The third kappa shape index (κ3) is 4.09. The quantitative estimate of drug-likeness (QED) is 0.750. The van der Waals surface area contributed by atoms with Gasteiger partial charge in [0.15, 0.2) is 0 Å². The van der Waals surface area contributed by atoms with E-state index in [1.54, 1.807) is 0 Å². The second kappa shape index (κ2) is 6.46. The molecule has 2 N–H and O–H groups in total. The second-order valence-corrected chi connectivity index (χ2v) is 4.82. The van der Waals surface area contributed by atoms with Crippen molar-refractivity contribution in [2.24, 2.45) is 17.6 Å². The smallest absolute Gasteiger partial charge is 0.0823 e. The maximum Gasteiger partial charge on any atom is 0.0823 e. The summed E-state index contributed by atoms with van der Waals surface area (Å²) < 4.78 is 5.59. The van der Waals surface area contributed by atoms with E-state index in [4.69, 9.17) is 10.5 Å². The van der Waals surface area contributed by atoms with Crippen molar-refractivity contribution in [3.63, 3.8) is 0 Å². The van der Waals surface area contributed by atoms with Gasteiger partial charge in [0.2, 0.25) is 0 Å². The summed E-state index contributed by atoms with van der Waals surface area (Å²) in [5, 5.41) is 0. The molecule has 1 fully saturated rings. The predicted octanol–water partition coefficient (Wildman–Crippen LogP) is 1.33. The highest BCUT2D eigenvalue weighted by molar-refractivity contribution is 4.77. The van der Waals surface area contributed by atoms with Crippen LogP contribution < -0.4 is 5.73 Å². The fraction of sp³-hybridized carbons (Fsp3) is 1.00. The first-order valence-corrected chi connectivity index (χ1v) is 6.21. The monoisotopic (exact) mass is 214 g/mol. The summed E-state index contributed by atoms with van der Waals surface area (Å²) in [6.45, 7) is 11.5. The summed E-state index contributed by atoms with van der Waals surface area (Å²) in [4.78, 5) is 2.50. The van der Waals surface area contributed by atoms with Crippen molar-refractivity contribution in [3.8, 4) is 0 Å². The molecule has 1 aliphatic heterocycles. The van der Waals surface area contributed by atoms with Crippen LogP contribution in [-0.2, 0) is 4.74 Å². The Kier molecular flexibility index (Phi) is 5.58. The van der Waals surface area contributed by atoms with E-state index in [0.717, 1.165) is 25.0 Å². The molecule has 0 amide bonds. The highest BCUT2D eigenvalue weighted by Crippen LogP contribution is 2.22. The van der Waals surface area contributed by atoms with Crippen molar-refractivity contribution in [1.29, 1.82) is 0 Å². The normalized spacial score (nSPS) is 30.4. The fourth-order valence-corrected chi connectivity index (χ4v) is 2.23. The Balaban J connectivity index is 2.31. The number of hydrogen-bond donors (Lipinski definition) is 1. The molecule has 0 radical (unpaired) electrons. The lowest BCUT2D eigenvalue weighted by Crippen LogP contribution is -2.44. The van der Waals surface area contributed by atoms with Gasteiger partial charge in [-0.1, -0.05) is 13.8 Å². The van der Waals surface area contributed by atoms with Gasteiger partial charge in [-0.25, -0.2) is 0 Å². The molecule has 3 atom stereocenters. The van der Waals surface area contributed by atoms with Crippen molar-refractivity contribution in [2.75, 3.05) is 32.8 Å². The van der Waals surface area contributed by atoms with Gasteiger partial charge in [0.25, 0.3) is 0 Å². The van der Waals surface area contributed by atoms with Crippen molar-refractivity contribution in [2.45, 2.75) is 33.3 Å². The molecule has 90 valence electrons. The highest BCUT2D eigenvalue weighted by Gasteiger charge is 2.24. The average molecular weight is 214 g/mol. The first-order valence-electron chi connectivity index (χ1n) is 6.21. The maximum atomic E-state index is 5.69. The molecule has 1 saturated heterocycles. The van der Waals surface area contributed by atoms with E-state index >= 15 is 0 Å². The number of nitrogens with zero attached hydrogens (tertiary/aromatic N) is 1. The van der Waals surface area contributed by atoms with Crippen molar-refractivity contribution in [1.82, 2.24) is 4.90 Å². The lowest BCUT2D eigenvalue weighted by Gasteiger charge is -2.36. The largest absolute Gasteiger partial charge is 0.376 e. The molecular formula is C12H26N2O. The second-order valence-electron chi connectivity index (χ2n) is 4.82. The zero-order valence-corrected chi connectivity index (χ0v) is 10.4. The third-order valence-corrected chi connectivity index (χ3v) is 3.55. The van der Waals surface area contributed by atoms with E-state index in [0.29, 0.717) is 6.54 Å². The van der Waals surface area contributed by atoms with Crippen molar-refractivity contribution in [3.05, 3.63) is 0 Å². The molecule has 0 aromatic rings. The van der Waals surface area contributed by atoms with Gasteiger partial charge in [-0.15, -0.1) is 0 Å². The summed E-state index contributed by atoms with van der Waals surface area (Å²) in [7, 11) is 0. The molecule has 0 spiro atoms. The van der Waals surface area contributed by atoms with E-state index in [2.05, 4.69) is 18.7 Å². The van der Waals surface area contributed by atoms with Crippen LogP contribution in [0.15, 0.2) is 0 Å². The van der Waals surface area contributed by atoms with E-state index in [-0.39, 0.29) is 6.10 Å². The van der Waals surface area contributed by atoms with E-state index in [1.165, 1.54) is 19.5 Å². The summed E-state index contributed by atoms with van der Waals surface area (Å²) in [5.41, 5.74) is 5.69. The molecular weight excluding hydrogens is 188 g/mol. The van der Waals surface area contributed by atoms with Crippen LogP contribution in [0.4, 0.5) is 0 Å². The standard InChI is InChI=1S/C12H26N2O/c1-4-15-12(7-13)9-14-6-5-10(2)11(3)8-14/h10-12H,4-9,13H2,1-3H3. The van der Waals surface area contributed by atoms with E-state index < -0.39 is 0 Å². The predicted molar refractivity (Wildman–Crippen MR) is 63.9 cm³/mol. The molecule has 0 bridgehead atoms. The van der Waals surface area contributed by atoms with Crippen LogP contribution >= 0.6 is 0 Å². The molecule has 1 aliphatic rings. The summed E-state index contributed by atoms with van der Waals surface area (Å²) in [6, 6.07) is 0. The van der Waals surface area contributed by atoms with Gasteiger partial charge >= 0.3 is 0 Å². The molecule has 0 aromatic heterocycles. The third-order valence-electron chi connectivity index (χ3n) is 3.55. The topological polar surface area (TPSA) is 38.5 Å². The zero-order valence-electron chi connectivity index (χ0n) is 10.4. The van der Waals surface area contributed by atoms with Gasteiger partial charge in [-0.2, -0.15) is 0 Å². The Labute approximate surface area is 94.0 Å². The number of likely N-dealkylation sites (tertiary alicyclic amines) is 1. The zero-order chi connectivity index (χ0) is 11.3. The molecule has 0 aromatic carbocycles. The molecule has 0 saturated carbocycles. The maximum absolute atomic E-state index is 5.69. The van der Waals surface area contributed by atoms with Gasteiger partial charge < -0.3 is 15.4 Å². The van der Waals surface area contributed by atoms with E-state index in [9.17, 15) is 0 Å². The minimum Gasteiger partial charge on any atom is -0.376 e. The Morgan fingerprint density at radius 2 is 2.13 bits per heavy atom. The highest BCUT2D eigenvalue weighted by atomic mass is 16.5. The number of piperidine rings is 1. The molecule has 15 heavy (non-hydrogen) atoms. The molecule has 0 aliphatic carbocycles. The SMILES string of the molecule is CCOC(CN)CN1CCC(C)C(C)C1. The number of nitrogens with two attached hydrogens (primary N) is 1. The summed E-state index contributed by atoms with van der Waals surface area (Å²) in [6.07, 6.45) is 1.53. The van der Waals surface area contributed by atoms with Gasteiger partial charge in [0.1, 0.15) is 0 Å².